The molecule has 200 valence electrons. The van der Waals surface area contributed by atoms with Crippen molar-refractivity contribution in [3.63, 3.8) is 0 Å². The minimum atomic E-state index is -0.446. The summed E-state index contributed by atoms with van der Waals surface area (Å²) in [6, 6.07) is 14.3. The topological polar surface area (TPSA) is 66.4 Å². The molecule has 0 bridgehead atoms. The molecule has 2 rings (SSSR count). The van der Waals surface area contributed by atoms with Gasteiger partial charge in [-0.1, -0.05) is 13.8 Å². The number of aliphatic imine (C=N–C) groups is 1. The van der Waals surface area contributed by atoms with Crippen LogP contribution in [0.15, 0.2) is 52.4 Å². The van der Waals surface area contributed by atoms with Crippen molar-refractivity contribution in [1.82, 2.24) is 0 Å². The first-order valence-corrected chi connectivity index (χ1v) is 12.9. The summed E-state index contributed by atoms with van der Waals surface area (Å²) in [7, 11) is 7.05. The maximum absolute atomic E-state index is 11.3. The lowest BCUT2D eigenvalue weighted by molar-refractivity contribution is -0.114. The molecule has 0 fully saturated rings. The Morgan fingerprint density at radius 3 is 2.25 bits per heavy atom. The Labute approximate surface area is 222 Å². The standard InChI is InChI=1S/C26H38N4O2S.C2H6O/c1-9-30(33-23-13-10-21(11-14-23)28-20(4)31)22-12-15-25(29(7)17-19(2)3)24(16-22)27-18-26(5,6)32-8;1-3-2/h10-16,18-19H,9,17H2,1-8H3,(H,28,31);1-2H3. The average molecular weight is 517 g/mol. The first-order valence-electron chi connectivity index (χ1n) is 12.1. The number of hydrogen-bond acceptors (Lipinski definition) is 7. The zero-order chi connectivity index (χ0) is 27.3. The Morgan fingerprint density at radius 1 is 1.14 bits per heavy atom. The summed E-state index contributed by atoms with van der Waals surface area (Å²) >= 11 is 1.66. The normalized spacial score (nSPS) is 11.3. The average Bonchev–Trinajstić information content (AvgIpc) is 2.82. The molecule has 0 aromatic heterocycles. The van der Waals surface area contributed by atoms with E-state index in [1.807, 2.05) is 44.3 Å². The Morgan fingerprint density at radius 2 is 1.75 bits per heavy atom. The SMILES string of the molecule is CCN(Sc1ccc(NC(C)=O)cc1)c1ccc(N(C)CC(C)C)c(N=CC(C)(C)OC)c1.COC. The molecule has 0 spiro atoms. The van der Waals surface area contributed by atoms with E-state index in [4.69, 9.17) is 9.73 Å². The van der Waals surface area contributed by atoms with Crippen LogP contribution in [0.3, 0.4) is 0 Å². The van der Waals surface area contributed by atoms with Gasteiger partial charge in [-0.2, -0.15) is 0 Å². The van der Waals surface area contributed by atoms with Gasteiger partial charge in [-0.25, -0.2) is 0 Å². The largest absolute Gasteiger partial charge is 0.388 e. The van der Waals surface area contributed by atoms with Crippen LogP contribution in [0.25, 0.3) is 0 Å². The third-order valence-corrected chi connectivity index (χ3v) is 6.19. The minimum Gasteiger partial charge on any atom is -0.388 e. The van der Waals surface area contributed by atoms with E-state index in [-0.39, 0.29) is 5.91 Å². The highest BCUT2D eigenvalue weighted by Crippen LogP contribution is 2.37. The lowest BCUT2D eigenvalue weighted by Gasteiger charge is -2.26. The summed E-state index contributed by atoms with van der Waals surface area (Å²) in [6.07, 6.45) is 1.86. The molecule has 0 saturated heterocycles. The summed E-state index contributed by atoms with van der Waals surface area (Å²) in [5, 5.41) is 2.81. The molecule has 0 heterocycles. The Balaban J connectivity index is 0.00000205. The van der Waals surface area contributed by atoms with Crippen LogP contribution < -0.4 is 14.5 Å². The molecule has 7 nitrogen and oxygen atoms in total. The smallest absolute Gasteiger partial charge is 0.221 e. The third kappa shape index (κ3) is 11.0. The summed E-state index contributed by atoms with van der Waals surface area (Å²) in [5.41, 5.74) is 3.44. The Hall–Kier alpha value is -2.55. The Bertz CT molecular complexity index is 962. The molecule has 0 aliphatic rings. The number of anilines is 3. The van der Waals surface area contributed by atoms with Crippen molar-refractivity contribution in [3.8, 4) is 0 Å². The highest BCUT2D eigenvalue weighted by molar-refractivity contribution is 8.00. The second kappa shape index (κ2) is 15.5. The van der Waals surface area contributed by atoms with Crippen LogP contribution in [0.4, 0.5) is 22.7 Å². The zero-order valence-electron chi connectivity index (χ0n) is 23.6. The van der Waals surface area contributed by atoms with Crippen LogP contribution in [0, 0.1) is 5.92 Å². The molecule has 0 aliphatic carbocycles. The number of hydrogen-bond donors (Lipinski definition) is 1. The summed E-state index contributed by atoms with van der Waals surface area (Å²) in [6.45, 7) is 13.8. The van der Waals surface area contributed by atoms with Crippen molar-refractivity contribution in [2.24, 2.45) is 10.9 Å². The van der Waals surface area contributed by atoms with Crippen molar-refractivity contribution in [2.45, 2.75) is 52.0 Å². The lowest BCUT2D eigenvalue weighted by atomic mass is 10.1. The Kier molecular flexibility index (Phi) is 13.6. The van der Waals surface area contributed by atoms with E-state index in [2.05, 4.69) is 65.3 Å². The van der Waals surface area contributed by atoms with Crippen LogP contribution >= 0.6 is 11.9 Å². The highest BCUT2D eigenvalue weighted by Gasteiger charge is 2.16. The van der Waals surface area contributed by atoms with Crippen molar-refractivity contribution < 1.29 is 14.3 Å². The number of nitrogens with one attached hydrogen (secondary N) is 1. The number of amides is 1. The molecule has 0 radical (unpaired) electrons. The number of carbonyl (C=O) groups excluding carboxylic acids is 1. The second-order valence-corrected chi connectivity index (χ2v) is 10.5. The highest BCUT2D eigenvalue weighted by atomic mass is 32.2. The molecule has 1 amide bonds. The van der Waals surface area contributed by atoms with Gasteiger partial charge in [-0.3, -0.25) is 9.79 Å². The predicted molar refractivity (Wildman–Crippen MR) is 156 cm³/mol. The number of rotatable bonds is 11. The van der Waals surface area contributed by atoms with Gasteiger partial charge in [0.05, 0.1) is 17.0 Å². The zero-order valence-corrected chi connectivity index (χ0v) is 24.4. The van der Waals surface area contributed by atoms with Crippen molar-refractivity contribution >= 4 is 46.8 Å². The van der Waals surface area contributed by atoms with E-state index in [1.165, 1.54) is 6.92 Å². The van der Waals surface area contributed by atoms with E-state index in [0.29, 0.717) is 5.92 Å². The van der Waals surface area contributed by atoms with Crippen molar-refractivity contribution in [2.75, 3.05) is 56.0 Å². The third-order valence-electron chi connectivity index (χ3n) is 5.02. The fourth-order valence-corrected chi connectivity index (χ4v) is 4.11. The first-order chi connectivity index (χ1) is 17.0. The minimum absolute atomic E-state index is 0.0714. The molecule has 36 heavy (non-hydrogen) atoms. The predicted octanol–water partition coefficient (Wildman–Crippen LogP) is 6.66. The van der Waals surface area contributed by atoms with Gasteiger partial charge in [0, 0.05) is 70.9 Å². The molecule has 0 saturated carbocycles. The molecule has 2 aromatic rings. The summed E-state index contributed by atoms with van der Waals surface area (Å²) in [4.78, 5) is 19.4. The molecule has 0 aliphatic heterocycles. The lowest BCUT2D eigenvalue weighted by Crippen LogP contribution is -2.24. The summed E-state index contributed by atoms with van der Waals surface area (Å²) < 4.78 is 12.0. The monoisotopic (exact) mass is 516 g/mol. The van der Waals surface area contributed by atoms with Gasteiger partial charge in [0.25, 0.3) is 0 Å². The van der Waals surface area contributed by atoms with E-state index >= 15 is 0 Å². The van der Waals surface area contributed by atoms with Gasteiger partial charge in [0.2, 0.25) is 5.91 Å². The van der Waals surface area contributed by atoms with Gasteiger partial charge in [0.15, 0.2) is 0 Å². The van der Waals surface area contributed by atoms with Crippen molar-refractivity contribution in [3.05, 3.63) is 42.5 Å². The number of nitrogens with zero attached hydrogens (tertiary/aromatic N) is 3. The number of benzene rings is 2. The van der Waals surface area contributed by atoms with Gasteiger partial charge in [-0.15, -0.1) is 0 Å². The van der Waals surface area contributed by atoms with Gasteiger partial charge < -0.3 is 24.0 Å². The number of carbonyl (C=O) groups is 1. The molecule has 2 aromatic carbocycles. The fraction of sp³-hybridized carbons (Fsp3) is 0.500. The maximum Gasteiger partial charge on any atom is 0.221 e. The van der Waals surface area contributed by atoms with Crippen LogP contribution in [0.5, 0.6) is 0 Å². The summed E-state index contributed by atoms with van der Waals surface area (Å²) in [5.74, 6) is 0.475. The quantitative estimate of drug-likeness (QED) is 0.266. The molecular formula is C28H44N4O3S. The molecular weight excluding hydrogens is 472 g/mol. The van der Waals surface area contributed by atoms with Crippen LogP contribution in [-0.4, -0.2) is 59.2 Å². The van der Waals surface area contributed by atoms with E-state index < -0.39 is 5.60 Å². The van der Waals surface area contributed by atoms with Crippen molar-refractivity contribution in [1.29, 1.82) is 0 Å². The first kappa shape index (κ1) is 31.5. The van der Waals surface area contributed by atoms with Gasteiger partial charge in [0.1, 0.15) is 0 Å². The van der Waals surface area contributed by atoms with E-state index in [9.17, 15) is 4.79 Å². The maximum atomic E-state index is 11.3. The van der Waals surface area contributed by atoms with E-state index in [0.717, 1.165) is 40.7 Å². The fourth-order valence-electron chi connectivity index (χ4n) is 3.25. The molecule has 0 unspecified atom stereocenters. The second-order valence-electron chi connectivity index (χ2n) is 9.41. The number of ether oxygens (including phenoxy) is 2. The number of methoxy groups -OCH3 is 2. The van der Waals surface area contributed by atoms with E-state index in [1.54, 1.807) is 33.3 Å². The van der Waals surface area contributed by atoms with Crippen LogP contribution in [0.2, 0.25) is 0 Å². The van der Waals surface area contributed by atoms with Gasteiger partial charge in [-0.05, 0) is 81.1 Å². The van der Waals surface area contributed by atoms with Gasteiger partial charge >= 0.3 is 0 Å². The molecule has 0 atom stereocenters. The van der Waals surface area contributed by atoms with Crippen LogP contribution in [0.1, 0.15) is 41.5 Å². The molecule has 8 heteroatoms. The molecule has 1 N–H and O–H groups in total. The van der Waals surface area contributed by atoms with Crippen LogP contribution in [-0.2, 0) is 14.3 Å².